The van der Waals surface area contributed by atoms with Crippen LogP contribution in [0.2, 0.25) is 0 Å². The lowest BCUT2D eigenvalue weighted by Crippen LogP contribution is -2.27. The molecule has 0 aliphatic carbocycles. The van der Waals surface area contributed by atoms with E-state index in [1.807, 2.05) is 18.2 Å². The summed E-state index contributed by atoms with van der Waals surface area (Å²) in [4.78, 5) is 2.55. The van der Waals surface area contributed by atoms with Crippen LogP contribution in [0.3, 0.4) is 0 Å². The van der Waals surface area contributed by atoms with Crippen LogP contribution in [-0.4, -0.2) is 10.6 Å². The Morgan fingerprint density at radius 3 is 2.40 bits per heavy atom. The van der Waals surface area contributed by atoms with Gasteiger partial charge in [-0.05, 0) is 91.4 Å². The molecule has 5 aromatic rings. The molecule has 0 fully saturated rings. The highest BCUT2D eigenvalue weighted by Gasteiger charge is 2.36. The van der Waals surface area contributed by atoms with Crippen molar-refractivity contribution in [3.8, 4) is 22.9 Å². The van der Waals surface area contributed by atoms with E-state index in [1.165, 1.54) is 64.8 Å². The minimum absolute atomic E-state index is 0.325. The molecule has 4 aromatic carbocycles. The van der Waals surface area contributed by atoms with Crippen molar-refractivity contribution < 1.29 is 0 Å². The number of aromatic nitrogens is 1. The van der Waals surface area contributed by atoms with Crippen LogP contribution in [-0.2, 0) is 6.42 Å². The third kappa shape index (κ3) is 5.06. The molecule has 1 aliphatic heterocycles. The molecule has 3 heteroatoms. The molecule has 2 heterocycles. The van der Waals surface area contributed by atoms with Crippen molar-refractivity contribution in [3.05, 3.63) is 119 Å². The third-order valence-corrected chi connectivity index (χ3v) is 9.20. The van der Waals surface area contributed by atoms with E-state index in [0.29, 0.717) is 17.5 Å². The number of allylic oxidation sites excluding steroid dienone is 1. The second-order valence-electron chi connectivity index (χ2n) is 11.7. The maximum atomic E-state index is 10.1. The second kappa shape index (κ2) is 12.4. The average molecular weight is 564 g/mol. The molecule has 0 spiro atoms. The molecule has 43 heavy (non-hydrogen) atoms. The molecule has 3 nitrogen and oxygen atoms in total. The molecule has 0 bridgehead atoms. The smallest absolute Gasteiger partial charge is 0.0998 e. The first-order valence-electron chi connectivity index (χ1n) is 15.9. The van der Waals surface area contributed by atoms with E-state index in [0.717, 1.165) is 23.2 Å². The summed E-state index contributed by atoms with van der Waals surface area (Å²) in [5, 5.41) is 11.4. The van der Waals surface area contributed by atoms with Gasteiger partial charge in [-0.15, -0.1) is 0 Å². The van der Waals surface area contributed by atoms with Gasteiger partial charge in [0, 0.05) is 40.1 Å². The van der Waals surface area contributed by atoms with Gasteiger partial charge in [0.15, 0.2) is 0 Å². The summed E-state index contributed by atoms with van der Waals surface area (Å²) in [7, 11) is 0. The van der Waals surface area contributed by atoms with E-state index in [2.05, 4.69) is 128 Å². The van der Waals surface area contributed by atoms with Gasteiger partial charge >= 0.3 is 0 Å². The zero-order valence-electron chi connectivity index (χ0n) is 25.8. The topological polar surface area (TPSA) is 32.0 Å². The highest BCUT2D eigenvalue weighted by molar-refractivity contribution is 5.91. The fraction of sp³-hybridized carbons (Fsp3) is 0.275. The molecule has 0 N–H and O–H groups in total. The summed E-state index contributed by atoms with van der Waals surface area (Å²) in [6.07, 6.45) is 10.3. The monoisotopic (exact) mass is 563 g/mol. The van der Waals surface area contributed by atoms with Gasteiger partial charge in [0.05, 0.1) is 17.1 Å². The summed E-state index contributed by atoms with van der Waals surface area (Å²) in [5.74, 6) is 0.485. The number of benzene rings is 4. The van der Waals surface area contributed by atoms with E-state index in [4.69, 9.17) is 0 Å². The fourth-order valence-corrected chi connectivity index (χ4v) is 7.23. The molecule has 1 aromatic heterocycles. The molecule has 2 unspecified atom stereocenters. The van der Waals surface area contributed by atoms with Crippen LogP contribution in [0.4, 0.5) is 11.4 Å². The van der Waals surface area contributed by atoms with Crippen molar-refractivity contribution in [1.82, 2.24) is 4.57 Å². The maximum Gasteiger partial charge on any atom is 0.0998 e. The van der Waals surface area contributed by atoms with Crippen molar-refractivity contribution in [3.63, 3.8) is 0 Å². The van der Waals surface area contributed by atoms with Crippen LogP contribution >= 0.6 is 0 Å². The van der Waals surface area contributed by atoms with Crippen LogP contribution < -0.4 is 4.90 Å². The van der Waals surface area contributed by atoms with Gasteiger partial charge in [0.1, 0.15) is 0 Å². The number of aryl methyl sites for hydroxylation is 1. The Balaban J connectivity index is 1.62. The number of unbranched alkanes of at least 4 members (excludes halogenated alkanes) is 2. The fourth-order valence-electron chi connectivity index (χ4n) is 7.23. The van der Waals surface area contributed by atoms with Crippen LogP contribution in [0, 0.1) is 11.3 Å². The van der Waals surface area contributed by atoms with Crippen LogP contribution in [0.25, 0.3) is 33.8 Å². The highest BCUT2D eigenvalue weighted by Crippen LogP contribution is 2.48. The Morgan fingerprint density at radius 2 is 1.60 bits per heavy atom. The Morgan fingerprint density at radius 1 is 0.860 bits per heavy atom. The van der Waals surface area contributed by atoms with Gasteiger partial charge in [-0.3, -0.25) is 0 Å². The molecule has 0 saturated carbocycles. The van der Waals surface area contributed by atoms with E-state index in [-0.39, 0.29) is 0 Å². The number of nitrogens with zero attached hydrogens (tertiary/aromatic N) is 3. The normalized spacial score (nSPS) is 16.2. The van der Waals surface area contributed by atoms with Gasteiger partial charge < -0.3 is 9.47 Å². The zero-order chi connectivity index (χ0) is 29.9. The van der Waals surface area contributed by atoms with Crippen LogP contribution in [0.5, 0.6) is 0 Å². The molecule has 2 atom stereocenters. The number of fused-ring (bicyclic) bond motifs is 2. The Kier molecular flexibility index (Phi) is 8.21. The number of hydrogen-bond donors (Lipinski definition) is 0. The molecule has 0 radical (unpaired) electrons. The van der Waals surface area contributed by atoms with Gasteiger partial charge in [0.2, 0.25) is 0 Å². The molecule has 0 saturated heterocycles. The molecular weight excluding hydrogens is 522 g/mol. The van der Waals surface area contributed by atoms with Crippen molar-refractivity contribution in [2.24, 2.45) is 0 Å². The predicted octanol–water partition coefficient (Wildman–Crippen LogP) is 11.0. The first-order chi connectivity index (χ1) is 21.1. The lowest BCUT2D eigenvalue weighted by atomic mass is 9.90. The maximum absolute atomic E-state index is 10.1. The molecular formula is C40H41N3. The number of anilines is 2. The van der Waals surface area contributed by atoms with Crippen LogP contribution in [0.1, 0.15) is 81.7 Å². The van der Waals surface area contributed by atoms with Gasteiger partial charge in [-0.25, -0.2) is 0 Å². The van der Waals surface area contributed by atoms with Gasteiger partial charge in [-0.1, -0.05) is 93.8 Å². The summed E-state index contributed by atoms with van der Waals surface area (Å²) in [6, 6.07) is 35.4. The van der Waals surface area contributed by atoms with E-state index in [1.54, 1.807) is 0 Å². The number of rotatable bonds is 9. The SMILES string of the molecule is C/C=C\c1c(CC)c2ccccc2n1-c1cc(-c2ccccc2C#N)cc(N2c3ccccc3C(CCCCC)C2C)c1. The Hall–Kier alpha value is -4.55. The number of nitriles is 1. The van der Waals surface area contributed by atoms with Gasteiger partial charge in [0.25, 0.3) is 0 Å². The average Bonchev–Trinajstić information content (AvgIpc) is 3.51. The number of hydrogen-bond acceptors (Lipinski definition) is 2. The lowest BCUT2D eigenvalue weighted by molar-refractivity contribution is 0.520. The summed E-state index contributed by atoms with van der Waals surface area (Å²) in [6.45, 7) is 9.00. The minimum atomic E-state index is 0.325. The second-order valence-corrected chi connectivity index (χ2v) is 11.7. The molecule has 1 aliphatic rings. The summed E-state index contributed by atoms with van der Waals surface area (Å²) < 4.78 is 2.42. The van der Waals surface area contributed by atoms with E-state index in [9.17, 15) is 5.26 Å². The van der Waals surface area contributed by atoms with Gasteiger partial charge in [-0.2, -0.15) is 5.26 Å². The first-order valence-corrected chi connectivity index (χ1v) is 15.9. The predicted molar refractivity (Wildman–Crippen MR) is 182 cm³/mol. The number of para-hydroxylation sites is 2. The quantitative estimate of drug-likeness (QED) is 0.167. The standard InChI is InChI=1S/C40H41N3/c1-5-8-9-18-34-28(4)42(39-22-14-13-21-37(34)39)31-24-30(35-19-11-10-17-29(35)27-41)25-32(26-31)43-38(16-6-2)33(7-3)36-20-12-15-23-40(36)43/h6,10-17,19-26,28,34H,5,7-9,18H2,1-4H3/b16-6-. The van der Waals surface area contributed by atoms with E-state index >= 15 is 0 Å². The van der Waals surface area contributed by atoms with Crippen molar-refractivity contribution in [1.29, 1.82) is 5.26 Å². The summed E-state index contributed by atoms with van der Waals surface area (Å²) in [5.41, 5.74) is 11.5. The first kappa shape index (κ1) is 28.6. The molecule has 6 rings (SSSR count). The van der Waals surface area contributed by atoms with E-state index < -0.39 is 0 Å². The molecule has 0 amide bonds. The highest BCUT2D eigenvalue weighted by atomic mass is 15.2. The summed E-state index contributed by atoms with van der Waals surface area (Å²) >= 11 is 0. The molecule has 216 valence electrons. The largest absolute Gasteiger partial charge is 0.338 e. The Labute approximate surface area is 256 Å². The van der Waals surface area contributed by atoms with Crippen molar-refractivity contribution in [2.45, 2.75) is 71.8 Å². The van der Waals surface area contributed by atoms with Crippen molar-refractivity contribution >= 4 is 28.4 Å². The minimum Gasteiger partial charge on any atom is -0.338 e. The zero-order valence-corrected chi connectivity index (χ0v) is 25.8. The van der Waals surface area contributed by atoms with Crippen molar-refractivity contribution in [2.75, 3.05) is 4.90 Å². The van der Waals surface area contributed by atoms with Crippen LogP contribution in [0.15, 0.2) is 97.1 Å². The Bertz CT molecular complexity index is 1830. The third-order valence-electron chi connectivity index (χ3n) is 9.20. The lowest BCUT2D eigenvalue weighted by Gasteiger charge is -2.29.